The maximum atomic E-state index is 12.4. The van der Waals surface area contributed by atoms with Gasteiger partial charge in [0.15, 0.2) is 0 Å². The highest BCUT2D eigenvalue weighted by atomic mass is 35.5. The minimum atomic E-state index is -0.475. The van der Waals surface area contributed by atoms with Crippen LogP contribution in [0.2, 0.25) is 5.02 Å². The van der Waals surface area contributed by atoms with Crippen molar-refractivity contribution in [2.45, 2.75) is 38.1 Å². The molecule has 2 amide bonds. The number of likely N-dealkylation sites (N-methyl/N-ethyl adjacent to an activating group) is 1. The van der Waals surface area contributed by atoms with E-state index in [1.807, 2.05) is 48.3 Å². The van der Waals surface area contributed by atoms with Crippen LogP contribution in [0.1, 0.15) is 37.7 Å². The maximum absolute atomic E-state index is 12.4. The van der Waals surface area contributed by atoms with E-state index in [9.17, 15) is 9.59 Å². The summed E-state index contributed by atoms with van der Waals surface area (Å²) in [6.07, 6.45) is 2.34. The summed E-state index contributed by atoms with van der Waals surface area (Å²) >= 11 is 5.98. The molecule has 2 saturated heterocycles. The van der Waals surface area contributed by atoms with E-state index in [4.69, 9.17) is 16.4 Å². The van der Waals surface area contributed by atoms with Gasteiger partial charge in [-0.15, -0.1) is 5.06 Å². The molecular weight excluding hydrogens is 440 g/mol. The largest absolute Gasteiger partial charge is 0.430 e. The third kappa shape index (κ3) is 5.97. The second-order valence-electron chi connectivity index (χ2n) is 8.82. The van der Waals surface area contributed by atoms with Crippen molar-refractivity contribution in [3.05, 3.63) is 59.1 Å². The van der Waals surface area contributed by atoms with Crippen molar-refractivity contribution >= 4 is 35.0 Å². The lowest BCUT2D eigenvalue weighted by molar-refractivity contribution is -0.129. The molecule has 4 rings (SSSR count). The summed E-state index contributed by atoms with van der Waals surface area (Å²) < 4.78 is 0. The number of amides is 2. The quantitative estimate of drug-likeness (QED) is 0.683. The summed E-state index contributed by atoms with van der Waals surface area (Å²) in [6.45, 7) is 4.72. The highest BCUT2D eigenvalue weighted by molar-refractivity contribution is 6.30. The molecular formula is C25H31ClN4O3. The third-order valence-electron chi connectivity index (χ3n) is 6.69. The lowest BCUT2D eigenvalue weighted by Crippen LogP contribution is -2.37. The van der Waals surface area contributed by atoms with Crippen molar-refractivity contribution in [2.24, 2.45) is 0 Å². The molecule has 33 heavy (non-hydrogen) atoms. The SMILES string of the molecule is CC(=O)N(C)C1CCN(c2ccc(NC(=O)ON3CCC(c4ccc(Cl)cc4)CC3)cc2)C1. The molecule has 1 atom stereocenters. The third-order valence-corrected chi connectivity index (χ3v) is 6.95. The fourth-order valence-corrected chi connectivity index (χ4v) is 4.70. The summed E-state index contributed by atoms with van der Waals surface area (Å²) in [5.41, 5.74) is 3.05. The number of nitrogens with zero attached hydrogens (tertiary/aromatic N) is 3. The van der Waals surface area contributed by atoms with Gasteiger partial charge in [0.05, 0.1) is 6.04 Å². The summed E-state index contributed by atoms with van der Waals surface area (Å²) in [6, 6.07) is 16.0. The molecule has 0 bridgehead atoms. The average molecular weight is 471 g/mol. The van der Waals surface area contributed by atoms with Crippen LogP contribution < -0.4 is 10.2 Å². The smallest absolute Gasteiger partial charge is 0.369 e. The number of benzene rings is 2. The van der Waals surface area contributed by atoms with Gasteiger partial charge in [0.1, 0.15) is 0 Å². The minimum Gasteiger partial charge on any atom is -0.369 e. The van der Waals surface area contributed by atoms with Gasteiger partial charge in [-0.05, 0) is 67.1 Å². The van der Waals surface area contributed by atoms with E-state index in [0.29, 0.717) is 24.7 Å². The van der Waals surface area contributed by atoms with Gasteiger partial charge in [-0.2, -0.15) is 0 Å². The Labute approximate surface area is 200 Å². The summed E-state index contributed by atoms with van der Waals surface area (Å²) in [5, 5.41) is 5.28. The van der Waals surface area contributed by atoms with Gasteiger partial charge in [-0.25, -0.2) is 4.79 Å². The summed E-state index contributed by atoms with van der Waals surface area (Å²) in [7, 11) is 1.86. The topological polar surface area (TPSA) is 65.1 Å². The first-order chi connectivity index (χ1) is 15.9. The normalized spacial score (nSPS) is 19.4. The van der Waals surface area contributed by atoms with E-state index < -0.39 is 6.09 Å². The molecule has 1 N–H and O–H groups in total. The van der Waals surface area contributed by atoms with Crippen LogP contribution in [-0.4, -0.2) is 61.2 Å². The summed E-state index contributed by atoms with van der Waals surface area (Å²) in [5.74, 6) is 0.548. The maximum Gasteiger partial charge on any atom is 0.430 e. The number of hydrogen-bond acceptors (Lipinski definition) is 5. The fourth-order valence-electron chi connectivity index (χ4n) is 4.58. The molecule has 8 heteroatoms. The number of carbonyl (C=O) groups is 2. The van der Waals surface area contributed by atoms with Crippen molar-refractivity contribution in [3.63, 3.8) is 0 Å². The first-order valence-corrected chi connectivity index (χ1v) is 11.8. The number of halogens is 1. The molecule has 2 heterocycles. The van der Waals surface area contributed by atoms with Crippen LogP contribution in [-0.2, 0) is 9.63 Å². The standard InChI is InChI=1S/C25H31ClN4O3/c1-18(31)28(2)24-13-14-29(17-24)23-9-7-22(8-10-23)27-25(32)33-30-15-11-20(12-16-30)19-3-5-21(26)6-4-19/h3-10,20,24H,11-17H2,1-2H3,(H,27,32). The number of carbonyl (C=O) groups excluding carboxylic acids is 2. The molecule has 2 aliphatic rings. The number of rotatable bonds is 5. The van der Waals surface area contributed by atoms with Crippen LogP contribution in [0, 0.1) is 0 Å². The Morgan fingerprint density at radius 2 is 1.67 bits per heavy atom. The van der Waals surface area contributed by atoms with E-state index in [1.165, 1.54) is 5.56 Å². The molecule has 2 fully saturated rings. The predicted octanol–water partition coefficient (Wildman–Crippen LogP) is 4.74. The molecule has 0 spiro atoms. The average Bonchev–Trinajstić information content (AvgIpc) is 3.30. The molecule has 0 saturated carbocycles. The zero-order chi connectivity index (χ0) is 23.4. The molecule has 0 aromatic heterocycles. The number of piperidine rings is 1. The van der Waals surface area contributed by atoms with Gasteiger partial charge in [0.2, 0.25) is 5.91 Å². The second kappa shape index (κ2) is 10.4. The first kappa shape index (κ1) is 23.4. The van der Waals surface area contributed by atoms with Gasteiger partial charge in [-0.1, -0.05) is 23.7 Å². The van der Waals surface area contributed by atoms with Crippen LogP contribution in [0.3, 0.4) is 0 Å². The number of anilines is 2. The molecule has 0 radical (unpaired) electrons. The van der Waals surface area contributed by atoms with Crippen LogP contribution in [0.15, 0.2) is 48.5 Å². The van der Waals surface area contributed by atoms with Crippen molar-refractivity contribution < 1.29 is 14.4 Å². The van der Waals surface area contributed by atoms with Crippen molar-refractivity contribution in [1.29, 1.82) is 0 Å². The Bertz CT molecular complexity index is 959. The highest BCUT2D eigenvalue weighted by Crippen LogP contribution is 2.29. The molecule has 2 aliphatic heterocycles. The van der Waals surface area contributed by atoms with Crippen LogP contribution in [0.25, 0.3) is 0 Å². The van der Waals surface area contributed by atoms with E-state index in [-0.39, 0.29) is 11.9 Å². The van der Waals surface area contributed by atoms with Gasteiger partial charge in [-0.3, -0.25) is 10.1 Å². The van der Waals surface area contributed by atoms with Crippen molar-refractivity contribution in [2.75, 3.05) is 43.4 Å². The van der Waals surface area contributed by atoms with E-state index in [0.717, 1.165) is 43.1 Å². The summed E-state index contributed by atoms with van der Waals surface area (Å²) in [4.78, 5) is 33.5. The molecule has 1 unspecified atom stereocenters. The first-order valence-electron chi connectivity index (χ1n) is 11.5. The van der Waals surface area contributed by atoms with E-state index in [2.05, 4.69) is 22.3 Å². The van der Waals surface area contributed by atoms with Crippen molar-refractivity contribution in [1.82, 2.24) is 9.96 Å². The fraction of sp³-hybridized carbons (Fsp3) is 0.440. The van der Waals surface area contributed by atoms with E-state index in [1.54, 1.807) is 12.0 Å². The molecule has 2 aromatic carbocycles. The molecule has 2 aromatic rings. The lowest BCUT2D eigenvalue weighted by atomic mass is 9.90. The molecule has 0 aliphatic carbocycles. The van der Waals surface area contributed by atoms with E-state index >= 15 is 0 Å². The monoisotopic (exact) mass is 470 g/mol. The number of nitrogens with one attached hydrogen (secondary N) is 1. The van der Waals surface area contributed by atoms with Crippen LogP contribution in [0.5, 0.6) is 0 Å². The minimum absolute atomic E-state index is 0.0918. The number of hydroxylamine groups is 2. The molecule has 7 nitrogen and oxygen atoms in total. The second-order valence-corrected chi connectivity index (χ2v) is 9.26. The zero-order valence-corrected chi connectivity index (χ0v) is 19.9. The Kier molecular flexibility index (Phi) is 7.40. The molecule has 176 valence electrons. The number of hydrogen-bond donors (Lipinski definition) is 1. The van der Waals surface area contributed by atoms with Crippen LogP contribution in [0.4, 0.5) is 16.2 Å². The van der Waals surface area contributed by atoms with Gasteiger partial charge in [0, 0.05) is 56.5 Å². The van der Waals surface area contributed by atoms with Crippen molar-refractivity contribution in [3.8, 4) is 0 Å². The predicted molar refractivity (Wildman–Crippen MR) is 131 cm³/mol. The Hall–Kier alpha value is -2.77. The van der Waals surface area contributed by atoms with Gasteiger partial charge in [0.25, 0.3) is 0 Å². The van der Waals surface area contributed by atoms with Crippen LogP contribution >= 0.6 is 11.6 Å². The Morgan fingerprint density at radius 3 is 2.30 bits per heavy atom. The lowest BCUT2D eigenvalue weighted by Gasteiger charge is -2.30. The van der Waals surface area contributed by atoms with Gasteiger partial charge >= 0.3 is 6.09 Å². The highest BCUT2D eigenvalue weighted by Gasteiger charge is 2.27. The Balaban J connectivity index is 1.22. The Morgan fingerprint density at radius 1 is 1.00 bits per heavy atom. The van der Waals surface area contributed by atoms with Gasteiger partial charge < -0.3 is 14.6 Å². The zero-order valence-electron chi connectivity index (χ0n) is 19.2.